The van der Waals surface area contributed by atoms with E-state index >= 15 is 0 Å². The molecule has 2 aliphatic carbocycles. The van der Waals surface area contributed by atoms with E-state index in [0.717, 1.165) is 71.0 Å². The van der Waals surface area contributed by atoms with Gasteiger partial charge in [-0.3, -0.25) is 14.5 Å². The molecule has 1 aliphatic heterocycles. The van der Waals surface area contributed by atoms with E-state index in [0.29, 0.717) is 6.04 Å². The van der Waals surface area contributed by atoms with E-state index < -0.39 is 6.04 Å². The minimum absolute atomic E-state index is 0.0665. The average molecular weight is 483 g/mol. The van der Waals surface area contributed by atoms with E-state index in [2.05, 4.69) is 51.6 Å². The molecule has 1 heterocycles. The van der Waals surface area contributed by atoms with Gasteiger partial charge < -0.3 is 15.5 Å². The van der Waals surface area contributed by atoms with Crippen molar-refractivity contribution in [2.75, 3.05) is 26.7 Å². The van der Waals surface area contributed by atoms with Crippen LogP contribution in [0.25, 0.3) is 0 Å². The summed E-state index contributed by atoms with van der Waals surface area (Å²) in [7, 11) is 1.79. The summed E-state index contributed by atoms with van der Waals surface area (Å²) in [6.45, 7) is 6.88. The third-order valence-corrected chi connectivity index (χ3v) is 8.86. The quantitative estimate of drug-likeness (QED) is 0.565. The molecule has 3 aliphatic rings. The highest BCUT2D eigenvalue weighted by Gasteiger charge is 2.39. The van der Waals surface area contributed by atoms with Crippen molar-refractivity contribution in [2.45, 2.75) is 102 Å². The second kappa shape index (κ2) is 12.4. The molecule has 2 amide bonds. The summed E-state index contributed by atoms with van der Waals surface area (Å²) in [4.78, 5) is 31.5. The Morgan fingerprint density at radius 1 is 1.06 bits per heavy atom. The number of nitrogens with one attached hydrogen (secondary N) is 2. The first-order chi connectivity index (χ1) is 17.0. The summed E-state index contributed by atoms with van der Waals surface area (Å²) in [6, 6.07) is 8.95. The number of rotatable bonds is 9. The van der Waals surface area contributed by atoms with Gasteiger partial charge in [0.05, 0.1) is 6.04 Å². The lowest BCUT2D eigenvalue weighted by Gasteiger charge is -2.39. The van der Waals surface area contributed by atoms with E-state index in [1.165, 1.54) is 24.0 Å². The van der Waals surface area contributed by atoms with Crippen molar-refractivity contribution in [2.24, 2.45) is 5.92 Å². The zero-order valence-corrected chi connectivity index (χ0v) is 22.1. The van der Waals surface area contributed by atoms with Crippen LogP contribution in [0.1, 0.15) is 76.3 Å². The summed E-state index contributed by atoms with van der Waals surface area (Å²) in [5.74, 6) is 0.340. The van der Waals surface area contributed by atoms with Crippen molar-refractivity contribution in [1.82, 2.24) is 20.4 Å². The van der Waals surface area contributed by atoms with Crippen LogP contribution in [0.15, 0.2) is 24.3 Å². The van der Waals surface area contributed by atoms with Crippen molar-refractivity contribution in [3.63, 3.8) is 0 Å². The molecule has 0 radical (unpaired) electrons. The predicted molar refractivity (Wildman–Crippen MR) is 141 cm³/mol. The van der Waals surface area contributed by atoms with Gasteiger partial charge in [-0.05, 0) is 82.5 Å². The Kier molecular flexibility index (Phi) is 9.23. The lowest BCUT2D eigenvalue weighted by molar-refractivity contribution is -0.139. The molecular weight excluding hydrogens is 436 g/mol. The van der Waals surface area contributed by atoms with Gasteiger partial charge >= 0.3 is 0 Å². The Morgan fingerprint density at radius 3 is 2.51 bits per heavy atom. The van der Waals surface area contributed by atoms with Crippen LogP contribution in [0.3, 0.4) is 0 Å². The van der Waals surface area contributed by atoms with Gasteiger partial charge in [-0.1, -0.05) is 50.5 Å². The molecule has 4 rings (SSSR count). The molecule has 1 saturated heterocycles. The van der Waals surface area contributed by atoms with Crippen LogP contribution in [0, 0.1) is 5.92 Å². The fraction of sp³-hybridized carbons (Fsp3) is 0.724. The number of likely N-dealkylation sites (N-methyl/N-ethyl adjacent to an activating group) is 2. The number of hydrogen-bond donors (Lipinski definition) is 2. The van der Waals surface area contributed by atoms with E-state index in [4.69, 9.17) is 0 Å². The minimum atomic E-state index is -0.393. The summed E-state index contributed by atoms with van der Waals surface area (Å²) in [6.07, 6.45) is 11.2. The third kappa shape index (κ3) is 6.26. The molecule has 194 valence electrons. The van der Waals surface area contributed by atoms with Gasteiger partial charge in [0.15, 0.2) is 0 Å². The average Bonchev–Trinajstić information content (AvgIpc) is 3.37. The van der Waals surface area contributed by atoms with Crippen LogP contribution >= 0.6 is 0 Å². The Balaban J connectivity index is 1.45. The molecule has 0 spiro atoms. The van der Waals surface area contributed by atoms with Gasteiger partial charge in [-0.15, -0.1) is 0 Å². The van der Waals surface area contributed by atoms with Crippen LogP contribution in [0.2, 0.25) is 0 Å². The van der Waals surface area contributed by atoms with Crippen LogP contribution in [-0.2, 0) is 22.4 Å². The molecule has 0 aromatic heterocycles. The highest BCUT2D eigenvalue weighted by atomic mass is 16.2. The highest BCUT2D eigenvalue weighted by molar-refractivity contribution is 5.90. The second-order valence-electron chi connectivity index (χ2n) is 11.0. The molecular formula is C29H46N4O2. The molecule has 6 nitrogen and oxygen atoms in total. The van der Waals surface area contributed by atoms with Gasteiger partial charge in [0.25, 0.3) is 0 Å². The number of amides is 2. The van der Waals surface area contributed by atoms with Gasteiger partial charge in [-0.2, -0.15) is 0 Å². The molecule has 2 fully saturated rings. The number of benzene rings is 1. The lowest BCUT2D eigenvalue weighted by atomic mass is 9.83. The van der Waals surface area contributed by atoms with Gasteiger partial charge in [0.1, 0.15) is 6.04 Å². The number of carbonyl (C=O) groups excluding carboxylic acids is 2. The molecule has 4 atom stereocenters. The molecule has 1 aromatic carbocycles. The maximum Gasteiger partial charge on any atom is 0.245 e. The fourth-order valence-electron chi connectivity index (χ4n) is 6.55. The van der Waals surface area contributed by atoms with Crippen LogP contribution in [-0.4, -0.2) is 72.5 Å². The number of hydrogen-bond acceptors (Lipinski definition) is 4. The maximum atomic E-state index is 14.0. The molecule has 2 N–H and O–H groups in total. The standard InChI is InChI=1S/C29H46N4O2/c1-4-32(25-17-16-22-11-8-9-14-24(22)19-25)20-26-15-10-18-33(26)29(35)27(23-12-6-5-7-13-23)31-28(34)21(2)30-3/h8-9,11,14,21,23,25-27,30H,4-7,10,12-13,15-20H2,1-3H3,(H,31,34)/t21-,25?,26?,27-/m0/s1. The lowest BCUT2D eigenvalue weighted by Crippen LogP contribution is -2.57. The fourth-order valence-corrected chi connectivity index (χ4v) is 6.55. The summed E-state index contributed by atoms with van der Waals surface area (Å²) < 4.78 is 0. The number of likely N-dealkylation sites (tertiary alicyclic amines) is 1. The van der Waals surface area contributed by atoms with E-state index in [9.17, 15) is 9.59 Å². The largest absolute Gasteiger partial charge is 0.343 e. The first-order valence-corrected chi connectivity index (χ1v) is 14.1. The van der Waals surface area contributed by atoms with Crippen molar-refractivity contribution >= 4 is 11.8 Å². The molecule has 35 heavy (non-hydrogen) atoms. The zero-order chi connectivity index (χ0) is 24.8. The Labute approximate surface area is 212 Å². The van der Waals surface area contributed by atoms with E-state index in [1.807, 2.05) is 6.92 Å². The van der Waals surface area contributed by atoms with Crippen LogP contribution < -0.4 is 10.6 Å². The number of aryl methyl sites for hydroxylation is 1. The minimum Gasteiger partial charge on any atom is -0.343 e. The first kappa shape index (κ1) is 26.2. The Hall–Kier alpha value is -1.92. The van der Waals surface area contributed by atoms with E-state index in [1.54, 1.807) is 7.05 Å². The van der Waals surface area contributed by atoms with E-state index in [-0.39, 0.29) is 29.8 Å². The monoisotopic (exact) mass is 482 g/mol. The second-order valence-corrected chi connectivity index (χ2v) is 11.0. The van der Waals surface area contributed by atoms with Gasteiger partial charge in [0, 0.05) is 25.2 Å². The molecule has 1 aromatic rings. The first-order valence-electron chi connectivity index (χ1n) is 14.1. The maximum absolute atomic E-state index is 14.0. The summed E-state index contributed by atoms with van der Waals surface area (Å²) in [5, 5.41) is 6.19. The number of nitrogens with zero attached hydrogens (tertiary/aromatic N) is 2. The Morgan fingerprint density at radius 2 is 1.80 bits per heavy atom. The summed E-state index contributed by atoms with van der Waals surface area (Å²) >= 11 is 0. The number of carbonyl (C=O) groups is 2. The van der Waals surface area contributed by atoms with Gasteiger partial charge in [0.2, 0.25) is 11.8 Å². The number of fused-ring (bicyclic) bond motifs is 1. The zero-order valence-electron chi connectivity index (χ0n) is 22.1. The molecule has 6 heteroatoms. The van der Waals surface area contributed by atoms with Gasteiger partial charge in [-0.25, -0.2) is 0 Å². The smallest absolute Gasteiger partial charge is 0.245 e. The summed E-state index contributed by atoms with van der Waals surface area (Å²) in [5.41, 5.74) is 2.99. The highest BCUT2D eigenvalue weighted by Crippen LogP contribution is 2.30. The van der Waals surface area contributed by atoms with Crippen molar-refractivity contribution < 1.29 is 9.59 Å². The predicted octanol–water partition coefficient (Wildman–Crippen LogP) is 3.53. The van der Waals surface area contributed by atoms with Crippen LogP contribution in [0.4, 0.5) is 0 Å². The van der Waals surface area contributed by atoms with Crippen molar-refractivity contribution in [3.8, 4) is 0 Å². The SMILES string of the molecule is CCN(CC1CCCN1C(=O)[C@@H](NC(=O)[C@H](C)NC)C1CCCCC1)C1CCc2ccccc2C1. The topological polar surface area (TPSA) is 64.7 Å². The van der Waals surface area contributed by atoms with Crippen molar-refractivity contribution in [3.05, 3.63) is 35.4 Å². The molecule has 1 saturated carbocycles. The van der Waals surface area contributed by atoms with Crippen LogP contribution in [0.5, 0.6) is 0 Å². The molecule has 0 bridgehead atoms. The third-order valence-electron chi connectivity index (χ3n) is 8.86. The normalized spacial score (nSPS) is 24.7. The molecule has 2 unspecified atom stereocenters. The Bertz CT molecular complexity index is 853. The van der Waals surface area contributed by atoms with Crippen molar-refractivity contribution in [1.29, 1.82) is 0 Å².